The van der Waals surface area contributed by atoms with Crippen LogP contribution in [0.1, 0.15) is 33.1 Å². The van der Waals surface area contributed by atoms with Crippen LogP contribution in [0, 0.1) is 0 Å². The van der Waals surface area contributed by atoms with Crippen LogP contribution in [0.25, 0.3) is 0 Å². The van der Waals surface area contributed by atoms with Crippen LogP contribution in [0.5, 0.6) is 0 Å². The molecule has 13 heavy (non-hydrogen) atoms. The van der Waals surface area contributed by atoms with Crippen LogP contribution in [-0.2, 0) is 9.47 Å². The van der Waals surface area contributed by atoms with Gasteiger partial charge in [0.25, 0.3) is 0 Å². The molecule has 0 amide bonds. The number of hydrogen-bond donors (Lipinski definition) is 1. The Morgan fingerprint density at radius 2 is 1.77 bits per heavy atom. The van der Waals surface area contributed by atoms with Gasteiger partial charge < -0.3 is 14.8 Å². The van der Waals surface area contributed by atoms with Crippen LogP contribution >= 0.6 is 0 Å². The fourth-order valence-corrected chi connectivity index (χ4v) is 1.56. The smallest absolute Gasteiger partial charge is 0.159 e. The summed E-state index contributed by atoms with van der Waals surface area (Å²) in [6.45, 7) is 5.46. The number of rotatable bonds is 7. The van der Waals surface area contributed by atoms with E-state index in [0.29, 0.717) is 5.54 Å². The Kier molecular flexibility index (Phi) is 4.16. The summed E-state index contributed by atoms with van der Waals surface area (Å²) in [4.78, 5) is 0. The lowest BCUT2D eigenvalue weighted by Crippen LogP contribution is -2.34. The molecule has 0 aromatic heterocycles. The first-order chi connectivity index (χ1) is 6.26. The molecule has 0 spiro atoms. The topological polar surface area (TPSA) is 30.5 Å². The number of hydrogen-bond acceptors (Lipinski definition) is 3. The standard InChI is InChI=1S/C10H21NO2/c1-4-12-9(13-5-2)8-10(11-3)6-7-10/h9,11H,4-8H2,1-3H3. The van der Waals surface area contributed by atoms with E-state index in [1.807, 2.05) is 20.9 Å². The predicted octanol–water partition coefficient (Wildman–Crippen LogP) is 1.53. The van der Waals surface area contributed by atoms with Gasteiger partial charge in [-0.25, -0.2) is 0 Å². The molecule has 0 aromatic carbocycles. The third kappa shape index (κ3) is 3.25. The van der Waals surface area contributed by atoms with Gasteiger partial charge in [0.1, 0.15) is 0 Å². The average molecular weight is 187 g/mol. The summed E-state index contributed by atoms with van der Waals surface area (Å²) < 4.78 is 11.0. The van der Waals surface area contributed by atoms with Crippen molar-refractivity contribution in [3.8, 4) is 0 Å². The van der Waals surface area contributed by atoms with Gasteiger partial charge >= 0.3 is 0 Å². The fourth-order valence-electron chi connectivity index (χ4n) is 1.56. The molecule has 1 rings (SSSR count). The maximum atomic E-state index is 5.50. The van der Waals surface area contributed by atoms with Crippen molar-refractivity contribution >= 4 is 0 Å². The van der Waals surface area contributed by atoms with Crippen LogP contribution in [-0.4, -0.2) is 32.1 Å². The second-order valence-electron chi connectivity index (χ2n) is 3.57. The van der Waals surface area contributed by atoms with Crippen LogP contribution in [0.4, 0.5) is 0 Å². The lowest BCUT2D eigenvalue weighted by molar-refractivity contribution is -0.144. The van der Waals surface area contributed by atoms with Crippen molar-refractivity contribution in [2.24, 2.45) is 0 Å². The van der Waals surface area contributed by atoms with E-state index in [-0.39, 0.29) is 6.29 Å². The molecule has 78 valence electrons. The van der Waals surface area contributed by atoms with Crippen LogP contribution in [0.3, 0.4) is 0 Å². The molecule has 1 saturated carbocycles. The molecule has 0 aromatic rings. The van der Waals surface area contributed by atoms with Crippen LogP contribution < -0.4 is 5.32 Å². The van der Waals surface area contributed by atoms with Crippen molar-refractivity contribution < 1.29 is 9.47 Å². The Morgan fingerprint density at radius 3 is 2.08 bits per heavy atom. The Hall–Kier alpha value is -0.120. The molecule has 1 N–H and O–H groups in total. The van der Waals surface area contributed by atoms with E-state index in [9.17, 15) is 0 Å². The zero-order valence-electron chi connectivity index (χ0n) is 8.93. The molecule has 1 aliphatic carbocycles. The second-order valence-corrected chi connectivity index (χ2v) is 3.57. The normalized spacial score (nSPS) is 19.4. The molecule has 0 bridgehead atoms. The molecular weight excluding hydrogens is 166 g/mol. The van der Waals surface area contributed by atoms with E-state index < -0.39 is 0 Å². The monoisotopic (exact) mass is 187 g/mol. The highest BCUT2D eigenvalue weighted by atomic mass is 16.7. The molecule has 0 aliphatic heterocycles. The Balaban J connectivity index is 2.28. The molecule has 3 nitrogen and oxygen atoms in total. The first-order valence-electron chi connectivity index (χ1n) is 5.18. The van der Waals surface area contributed by atoms with Crippen molar-refractivity contribution in [3.05, 3.63) is 0 Å². The average Bonchev–Trinajstić information content (AvgIpc) is 2.87. The summed E-state index contributed by atoms with van der Waals surface area (Å²) in [5.41, 5.74) is 0.314. The van der Waals surface area contributed by atoms with Gasteiger partial charge in [0.2, 0.25) is 0 Å². The maximum Gasteiger partial charge on any atom is 0.159 e. The van der Waals surface area contributed by atoms with Crippen LogP contribution in [0.15, 0.2) is 0 Å². The number of nitrogens with one attached hydrogen (secondary N) is 1. The van der Waals surface area contributed by atoms with E-state index in [4.69, 9.17) is 9.47 Å². The third-order valence-electron chi connectivity index (χ3n) is 2.65. The van der Waals surface area contributed by atoms with Gasteiger partial charge in [-0.15, -0.1) is 0 Å². The highest BCUT2D eigenvalue weighted by Gasteiger charge is 2.43. The molecule has 1 aliphatic rings. The van der Waals surface area contributed by atoms with Crippen molar-refractivity contribution in [3.63, 3.8) is 0 Å². The highest BCUT2D eigenvalue weighted by molar-refractivity contribution is 5.01. The minimum atomic E-state index is -0.0232. The summed E-state index contributed by atoms with van der Waals surface area (Å²) in [7, 11) is 2.02. The molecule has 0 radical (unpaired) electrons. The van der Waals surface area contributed by atoms with Gasteiger partial charge in [-0.1, -0.05) is 0 Å². The Morgan fingerprint density at radius 1 is 1.23 bits per heavy atom. The fraction of sp³-hybridized carbons (Fsp3) is 1.00. The minimum Gasteiger partial charge on any atom is -0.353 e. The second kappa shape index (κ2) is 4.94. The first-order valence-corrected chi connectivity index (χ1v) is 5.18. The molecular formula is C10H21NO2. The quantitative estimate of drug-likeness (QED) is 0.613. The third-order valence-corrected chi connectivity index (χ3v) is 2.65. The van der Waals surface area contributed by atoms with Gasteiger partial charge in [-0.05, 0) is 33.7 Å². The molecule has 0 heterocycles. The van der Waals surface area contributed by atoms with E-state index in [1.54, 1.807) is 0 Å². The molecule has 3 heteroatoms. The minimum absolute atomic E-state index is 0.0232. The lowest BCUT2D eigenvalue weighted by Gasteiger charge is -2.22. The Bertz CT molecular complexity index is 140. The molecule has 0 saturated heterocycles. The summed E-state index contributed by atoms with van der Waals surface area (Å²) >= 11 is 0. The predicted molar refractivity (Wildman–Crippen MR) is 52.7 cm³/mol. The van der Waals surface area contributed by atoms with Gasteiger partial charge in [0.05, 0.1) is 0 Å². The van der Waals surface area contributed by atoms with Gasteiger partial charge in [-0.3, -0.25) is 0 Å². The van der Waals surface area contributed by atoms with Crippen molar-refractivity contribution in [1.29, 1.82) is 0 Å². The largest absolute Gasteiger partial charge is 0.353 e. The zero-order valence-corrected chi connectivity index (χ0v) is 8.93. The van der Waals surface area contributed by atoms with E-state index in [0.717, 1.165) is 19.6 Å². The van der Waals surface area contributed by atoms with Crippen molar-refractivity contribution in [2.75, 3.05) is 20.3 Å². The van der Waals surface area contributed by atoms with E-state index >= 15 is 0 Å². The molecule has 1 fully saturated rings. The van der Waals surface area contributed by atoms with Crippen LogP contribution in [0.2, 0.25) is 0 Å². The van der Waals surface area contributed by atoms with Crippen molar-refractivity contribution in [2.45, 2.75) is 44.9 Å². The first kappa shape index (κ1) is 11.0. The summed E-state index contributed by atoms with van der Waals surface area (Å²) in [6, 6.07) is 0. The SMILES string of the molecule is CCOC(CC1(NC)CC1)OCC. The lowest BCUT2D eigenvalue weighted by atomic mass is 10.2. The zero-order chi connectivity index (χ0) is 9.73. The summed E-state index contributed by atoms with van der Waals surface area (Å²) in [5, 5.41) is 3.34. The maximum absolute atomic E-state index is 5.50. The summed E-state index contributed by atoms with van der Waals surface area (Å²) in [5.74, 6) is 0. The summed E-state index contributed by atoms with van der Waals surface area (Å²) in [6.07, 6.45) is 3.45. The Labute approximate surface area is 80.8 Å². The van der Waals surface area contributed by atoms with E-state index in [2.05, 4.69) is 5.32 Å². The van der Waals surface area contributed by atoms with Gasteiger partial charge in [0, 0.05) is 25.2 Å². The molecule has 0 unspecified atom stereocenters. The van der Waals surface area contributed by atoms with E-state index in [1.165, 1.54) is 12.8 Å². The highest BCUT2D eigenvalue weighted by Crippen LogP contribution is 2.39. The van der Waals surface area contributed by atoms with Gasteiger partial charge in [0.15, 0.2) is 6.29 Å². The van der Waals surface area contributed by atoms with Gasteiger partial charge in [-0.2, -0.15) is 0 Å². The number of ether oxygens (including phenoxy) is 2. The van der Waals surface area contributed by atoms with Crippen molar-refractivity contribution in [1.82, 2.24) is 5.32 Å². The molecule has 0 atom stereocenters.